The smallest absolute Gasteiger partial charge is 0.344 e. The Balaban J connectivity index is 0.000000130. The predicted octanol–water partition coefficient (Wildman–Crippen LogP) is 28.5. The number of carbonyl (C=O) groups is 5. The first-order chi connectivity index (χ1) is 68.3. The van der Waals surface area contributed by atoms with Gasteiger partial charge in [0.05, 0.1) is 43.6 Å². The molecular weight excluding hydrogens is 1830 g/mol. The highest BCUT2D eigenvalue weighted by atomic mass is 32.2. The Morgan fingerprint density at radius 1 is 0.277 bits per heavy atom. The van der Waals surface area contributed by atoms with Crippen molar-refractivity contribution in [1.29, 1.82) is 0 Å². The van der Waals surface area contributed by atoms with Crippen LogP contribution in [0.1, 0.15) is 200 Å². The molecule has 0 spiro atoms. The Hall–Kier alpha value is -11.2. The Morgan fingerprint density at radius 3 is 0.745 bits per heavy atom. The quantitative estimate of drug-likeness (QED) is 0.0238. The SMILES string of the molecule is CCC1(OC(=O)COc2c(C)cc([S+](c3ccccc3)c3ccccc3)cc2C)CCCC1.CCC1(OC(=O)COc2c(C)cc([S+](c3ccccc3)c3ccccc3)cc2C)CCCCC1.Cc1cc([S+](c2ccccc2)c2ccccc2)cc(C)c1OCC(=O)OC1(C)C2CC3CC(C2)CC1C3.Cc1cc([S+](c2ccccc2)c2ccccc2)cc(C)c1OCC(=O)OC12CC3CC(C1)C(=O)C(C3)C2. The molecule has 13 nitrogen and oxygen atoms in total. The normalized spacial score (nSPS) is 21.3. The molecule has 0 aromatic heterocycles. The van der Waals surface area contributed by atoms with Gasteiger partial charge >= 0.3 is 23.9 Å². The number of aryl methyl sites for hydroxylation is 8. The van der Waals surface area contributed by atoms with E-state index in [2.05, 4.69) is 341 Å². The van der Waals surface area contributed by atoms with E-state index in [1.54, 1.807) is 0 Å². The van der Waals surface area contributed by atoms with E-state index >= 15 is 0 Å². The van der Waals surface area contributed by atoms with Crippen LogP contribution in [0.3, 0.4) is 0 Å². The lowest BCUT2D eigenvalue weighted by Crippen LogP contribution is -2.58. The highest BCUT2D eigenvalue weighted by Crippen LogP contribution is 2.60. The van der Waals surface area contributed by atoms with Gasteiger partial charge in [-0.25, -0.2) is 19.2 Å². The summed E-state index contributed by atoms with van der Waals surface area (Å²) in [7, 11) is -0.887. The van der Waals surface area contributed by atoms with Crippen LogP contribution in [0, 0.1) is 96.8 Å². The molecule has 10 aliphatic carbocycles. The molecule has 10 saturated carbocycles. The Labute approximate surface area is 847 Å². The van der Waals surface area contributed by atoms with Crippen LogP contribution >= 0.6 is 0 Å². The van der Waals surface area contributed by atoms with Crippen molar-refractivity contribution in [3.05, 3.63) is 336 Å². The van der Waals surface area contributed by atoms with Crippen molar-refractivity contribution < 1.29 is 61.9 Å². The average Bonchev–Trinajstić information content (AvgIpc) is 0.767. The summed E-state index contributed by atoms with van der Waals surface area (Å²) in [5, 5.41) is 0. The fourth-order valence-corrected chi connectivity index (χ4v) is 33.1. The van der Waals surface area contributed by atoms with E-state index in [4.69, 9.17) is 37.9 Å². The van der Waals surface area contributed by atoms with Gasteiger partial charge in [-0.3, -0.25) is 4.79 Å². The summed E-state index contributed by atoms with van der Waals surface area (Å²) in [6.45, 7) is 22.6. The van der Waals surface area contributed by atoms with Gasteiger partial charge in [-0.05, 0) is 362 Å². The van der Waals surface area contributed by atoms with Crippen LogP contribution in [0.4, 0.5) is 0 Å². The molecule has 2 unspecified atom stereocenters. The number of hydrogen-bond acceptors (Lipinski definition) is 13. The minimum Gasteiger partial charge on any atom is -0.481 e. The zero-order chi connectivity index (χ0) is 98.4. The number of carbonyl (C=O) groups excluding carboxylic acids is 5. The largest absolute Gasteiger partial charge is 0.481 e. The summed E-state index contributed by atoms with van der Waals surface area (Å²) < 4.78 is 48.4. The molecule has 0 amide bonds. The molecule has 10 fully saturated rings. The van der Waals surface area contributed by atoms with Gasteiger partial charge in [0.15, 0.2) is 85.2 Å². The van der Waals surface area contributed by atoms with Crippen LogP contribution in [-0.2, 0) is 86.5 Å². The van der Waals surface area contributed by atoms with E-state index < -0.39 is 5.60 Å². The molecule has 2 atom stereocenters. The van der Waals surface area contributed by atoms with E-state index in [0.29, 0.717) is 36.4 Å². The maximum absolute atomic E-state index is 13.0. The summed E-state index contributed by atoms with van der Waals surface area (Å²) in [4.78, 5) is 78.8. The topological polar surface area (TPSA) is 159 Å². The number of esters is 4. The van der Waals surface area contributed by atoms with Crippen molar-refractivity contribution in [2.24, 2.45) is 41.4 Å². The monoisotopic (exact) mass is 1960 g/mol. The van der Waals surface area contributed by atoms with E-state index in [1.807, 2.05) is 26.0 Å². The summed E-state index contributed by atoms with van der Waals surface area (Å²) >= 11 is 0. The molecule has 0 N–H and O–H groups in total. The summed E-state index contributed by atoms with van der Waals surface area (Å²) in [5.74, 6) is 5.82. The Bertz CT molecular complexity index is 5970. The summed E-state index contributed by atoms with van der Waals surface area (Å²) in [6, 6.07) is 103. The van der Waals surface area contributed by atoms with Gasteiger partial charge in [0.1, 0.15) is 51.2 Å². The number of benzene rings is 12. The molecule has 22 rings (SSSR count). The van der Waals surface area contributed by atoms with Crippen LogP contribution in [0.5, 0.6) is 23.0 Å². The van der Waals surface area contributed by atoms with Gasteiger partial charge in [0.25, 0.3) is 0 Å². The zero-order valence-electron chi connectivity index (χ0n) is 83.9. The fraction of sp³-hybridized carbons (Fsp3) is 0.379. The fourth-order valence-electron chi connectivity index (χ4n) is 24.1. The molecule has 0 saturated heterocycles. The van der Waals surface area contributed by atoms with Gasteiger partial charge < -0.3 is 37.9 Å². The molecule has 0 radical (unpaired) electrons. The minimum absolute atomic E-state index is 0.0357. The second kappa shape index (κ2) is 46.0. The number of hydrogen-bond donors (Lipinski definition) is 0. The number of Topliss-reactive ketones (excluding diaryl/α,β-unsaturated/α-hetero) is 1. The molecular formula is C124H138O13S4+4. The molecule has 8 bridgehead atoms. The van der Waals surface area contributed by atoms with Crippen LogP contribution in [0.2, 0.25) is 0 Å². The summed E-state index contributed by atoms with van der Waals surface area (Å²) in [6.07, 6.45) is 21.9. The van der Waals surface area contributed by atoms with Crippen LogP contribution < -0.4 is 18.9 Å². The highest BCUT2D eigenvalue weighted by Gasteiger charge is 2.59. The maximum Gasteiger partial charge on any atom is 0.344 e. The van der Waals surface area contributed by atoms with Crippen molar-refractivity contribution in [2.45, 2.75) is 292 Å². The van der Waals surface area contributed by atoms with Crippen molar-refractivity contribution in [1.82, 2.24) is 0 Å². The van der Waals surface area contributed by atoms with Crippen molar-refractivity contribution in [2.75, 3.05) is 26.4 Å². The molecule has 0 aliphatic heterocycles. The van der Waals surface area contributed by atoms with Crippen LogP contribution in [0.25, 0.3) is 0 Å². The van der Waals surface area contributed by atoms with E-state index in [1.165, 1.54) is 97.3 Å². The van der Waals surface area contributed by atoms with Crippen molar-refractivity contribution in [3.8, 4) is 23.0 Å². The first kappa shape index (κ1) is 101. The lowest BCUT2D eigenvalue weighted by Gasteiger charge is -2.59. The van der Waals surface area contributed by atoms with Gasteiger partial charge in [0.2, 0.25) is 0 Å². The van der Waals surface area contributed by atoms with Crippen molar-refractivity contribution in [3.63, 3.8) is 0 Å². The Kier molecular flexibility index (Phi) is 33.1. The molecule has 732 valence electrons. The molecule has 12 aromatic carbocycles. The third kappa shape index (κ3) is 24.2. The average molecular weight is 1960 g/mol. The van der Waals surface area contributed by atoms with Crippen LogP contribution in [0.15, 0.2) is 350 Å². The highest BCUT2D eigenvalue weighted by molar-refractivity contribution is 7.98. The van der Waals surface area contributed by atoms with Gasteiger partial charge in [0, 0.05) is 60.4 Å². The standard InChI is InChI=1S/C33H37O3S.C32H33O4S.C30H35O3S.C29H33O3S/c1-22-14-30(37(28-10-6-4-7-11-28)29-12-8-5-9-13-29)15-23(2)32(22)35-21-31(34)36-33(3)26-17-24-16-25(19-26)20-27(33)18-24;1-21-13-28(37(26-9-5-3-6-10-26)27-11-7-4-8-12-27)14-22(2)31(21)35-20-29(33)36-32-17-23-15-24(18-32)30(34)25(16-23)19-32;1-4-30(18-12-7-13-19-30)33-28(31)22-32-29-23(2)20-27(21-24(29)3)34(25-14-8-5-9-15-25)26-16-10-6-11-17-26;1-4-29(17-11-12-18-29)32-27(30)21-31-28-22(2)19-26(20-23(28)3)33(24-13-7-5-8-14-24)25-15-9-6-10-16-25/h4-15,24-27H,16-21H2,1-3H3;3-14,23-25H,15-20H2,1-2H3;5-6,8-11,14-17,20-21H,4,7,12-13,18-19,22H2,1-3H3;5-10,13-16,19-20H,4,11-12,17-18,21H2,1-3H3/q4*+1. The van der Waals surface area contributed by atoms with E-state index in [0.717, 1.165) is 163 Å². The van der Waals surface area contributed by atoms with E-state index in [9.17, 15) is 24.0 Å². The second-order valence-electron chi connectivity index (χ2n) is 40.6. The maximum atomic E-state index is 13.0. The first-order valence-corrected chi connectivity index (χ1v) is 56.0. The minimum atomic E-state index is -0.460. The molecule has 17 heteroatoms. The number of ketones is 1. The van der Waals surface area contributed by atoms with E-state index in [-0.39, 0.29) is 123 Å². The van der Waals surface area contributed by atoms with Gasteiger partial charge in [-0.15, -0.1) is 0 Å². The second-order valence-corrected chi connectivity index (χ2v) is 48.7. The number of rotatable bonds is 30. The molecule has 0 heterocycles. The third-order valence-corrected chi connectivity index (χ3v) is 39.2. The first-order valence-electron chi connectivity index (χ1n) is 51.1. The van der Waals surface area contributed by atoms with Gasteiger partial charge in [-0.1, -0.05) is 166 Å². The van der Waals surface area contributed by atoms with Gasteiger partial charge in [-0.2, -0.15) is 0 Å². The Morgan fingerprint density at radius 2 is 0.504 bits per heavy atom. The van der Waals surface area contributed by atoms with Crippen LogP contribution in [-0.4, -0.2) is 78.5 Å². The zero-order valence-corrected chi connectivity index (χ0v) is 87.1. The lowest BCUT2D eigenvalue weighted by molar-refractivity contribution is -0.204. The lowest BCUT2D eigenvalue weighted by atomic mass is 9.50. The third-order valence-electron chi connectivity index (χ3n) is 30.4. The summed E-state index contributed by atoms with van der Waals surface area (Å²) in [5.41, 5.74) is 6.90. The predicted molar refractivity (Wildman–Crippen MR) is 565 cm³/mol. The molecule has 10 aliphatic rings. The molecule has 12 aromatic rings. The van der Waals surface area contributed by atoms with Crippen molar-refractivity contribution >= 4 is 73.2 Å². The molecule has 141 heavy (non-hydrogen) atoms. The number of ether oxygens (including phenoxy) is 8.